The van der Waals surface area contributed by atoms with E-state index in [-0.39, 0.29) is 36.5 Å². The van der Waals surface area contributed by atoms with E-state index in [0.29, 0.717) is 6.54 Å². The number of carbonyl (C=O) groups is 1. The molecule has 1 saturated heterocycles. The van der Waals surface area contributed by atoms with Crippen LogP contribution in [0.5, 0.6) is 0 Å². The Kier molecular flexibility index (Phi) is 4.88. The molecule has 0 spiro atoms. The van der Waals surface area contributed by atoms with Crippen LogP contribution in [0.15, 0.2) is 17.6 Å². The number of aliphatic hydroxyl groups is 1. The van der Waals surface area contributed by atoms with Gasteiger partial charge in [-0.1, -0.05) is 13.8 Å². The zero-order valence-corrected chi connectivity index (χ0v) is 13.8. The molecule has 1 aromatic rings. The largest absolute Gasteiger partial charge is 0.390 e. The second-order valence-corrected chi connectivity index (χ2v) is 7.91. The number of hydrogen-bond acceptors (Lipinski definition) is 5. The maximum Gasteiger partial charge on any atom is 0.262 e. The highest BCUT2D eigenvalue weighted by Gasteiger charge is 2.35. The van der Waals surface area contributed by atoms with Crippen molar-refractivity contribution < 1.29 is 18.3 Å². The minimum Gasteiger partial charge on any atom is -0.390 e. The Morgan fingerprint density at radius 2 is 2.09 bits per heavy atom. The van der Waals surface area contributed by atoms with E-state index < -0.39 is 16.1 Å². The van der Waals surface area contributed by atoms with E-state index in [2.05, 4.69) is 4.98 Å². The standard InChI is InChI=1S/C13H22N4O4S/c1-10(2)4-16-5-11(18)6-17(8-13(16)19)22(20,21)12-7-15(3)9-14-12/h7,9-11,18H,4-6,8H2,1-3H3. The topological polar surface area (TPSA) is 95.7 Å². The van der Waals surface area contributed by atoms with Crippen molar-refractivity contribution in [1.29, 1.82) is 0 Å². The summed E-state index contributed by atoms with van der Waals surface area (Å²) in [6.45, 7) is 4.18. The highest BCUT2D eigenvalue weighted by Crippen LogP contribution is 2.17. The van der Waals surface area contributed by atoms with Gasteiger partial charge in [-0.05, 0) is 5.92 Å². The van der Waals surface area contributed by atoms with Crippen molar-refractivity contribution >= 4 is 15.9 Å². The van der Waals surface area contributed by atoms with E-state index in [4.69, 9.17) is 0 Å². The van der Waals surface area contributed by atoms with E-state index in [1.807, 2.05) is 13.8 Å². The molecule has 22 heavy (non-hydrogen) atoms. The van der Waals surface area contributed by atoms with Crippen molar-refractivity contribution in [3.05, 3.63) is 12.5 Å². The molecule has 0 bridgehead atoms. The molecular weight excluding hydrogens is 308 g/mol. The number of carbonyl (C=O) groups excluding carboxylic acids is 1. The average molecular weight is 330 g/mol. The van der Waals surface area contributed by atoms with Gasteiger partial charge in [-0.3, -0.25) is 4.79 Å². The van der Waals surface area contributed by atoms with Gasteiger partial charge in [-0.15, -0.1) is 0 Å². The summed E-state index contributed by atoms with van der Waals surface area (Å²) in [5.41, 5.74) is 0. The Labute approximate surface area is 130 Å². The molecule has 0 aliphatic carbocycles. The first kappa shape index (κ1) is 16.9. The van der Waals surface area contributed by atoms with Crippen LogP contribution in [0.4, 0.5) is 0 Å². The third-order valence-corrected chi connectivity index (χ3v) is 5.08. The van der Waals surface area contributed by atoms with E-state index in [1.165, 1.54) is 22.0 Å². The van der Waals surface area contributed by atoms with Gasteiger partial charge in [0.1, 0.15) is 0 Å². The molecule has 2 heterocycles. The minimum atomic E-state index is -3.89. The molecule has 0 aromatic carbocycles. The second-order valence-electron chi connectivity index (χ2n) is 6.02. The molecule has 1 fully saturated rings. The van der Waals surface area contributed by atoms with Crippen LogP contribution in [0.2, 0.25) is 0 Å². The van der Waals surface area contributed by atoms with Crippen molar-refractivity contribution in [3.8, 4) is 0 Å². The zero-order valence-electron chi connectivity index (χ0n) is 13.0. The summed E-state index contributed by atoms with van der Waals surface area (Å²) < 4.78 is 27.6. The molecular formula is C13H22N4O4S. The molecule has 1 atom stereocenters. The van der Waals surface area contributed by atoms with Crippen molar-refractivity contribution in [2.24, 2.45) is 13.0 Å². The van der Waals surface area contributed by atoms with Gasteiger partial charge in [0.15, 0.2) is 5.03 Å². The van der Waals surface area contributed by atoms with Gasteiger partial charge < -0.3 is 14.6 Å². The SMILES string of the molecule is CC(C)CN1CC(O)CN(S(=O)(=O)c2cn(C)cn2)CC1=O. The second kappa shape index (κ2) is 6.35. The van der Waals surface area contributed by atoms with Crippen molar-refractivity contribution in [2.75, 3.05) is 26.2 Å². The maximum absolute atomic E-state index is 12.5. The Bertz CT molecular complexity index is 640. The van der Waals surface area contributed by atoms with E-state index >= 15 is 0 Å². The highest BCUT2D eigenvalue weighted by molar-refractivity contribution is 7.89. The van der Waals surface area contributed by atoms with E-state index in [9.17, 15) is 18.3 Å². The predicted molar refractivity (Wildman–Crippen MR) is 79.4 cm³/mol. The lowest BCUT2D eigenvalue weighted by atomic mass is 10.2. The summed E-state index contributed by atoms with van der Waals surface area (Å²) in [5.74, 6) is -0.0557. The van der Waals surface area contributed by atoms with Crippen LogP contribution in [0, 0.1) is 5.92 Å². The van der Waals surface area contributed by atoms with Gasteiger partial charge in [0.2, 0.25) is 5.91 Å². The normalized spacial score (nSPS) is 21.4. The molecule has 1 aliphatic rings. The fourth-order valence-electron chi connectivity index (χ4n) is 2.42. The van der Waals surface area contributed by atoms with Crippen molar-refractivity contribution in [3.63, 3.8) is 0 Å². The summed E-state index contributed by atoms with van der Waals surface area (Å²) >= 11 is 0. The van der Waals surface area contributed by atoms with Crippen LogP contribution in [0.1, 0.15) is 13.8 Å². The van der Waals surface area contributed by atoms with Crippen LogP contribution >= 0.6 is 0 Å². The predicted octanol–water partition coefficient (Wildman–Crippen LogP) is -0.730. The number of aryl methyl sites for hydroxylation is 1. The number of sulfonamides is 1. The van der Waals surface area contributed by atoms with Crippen molar-refractivity contribution in [1.82, 2.24) is 18.8 Å². The first-order valence-corrected chi connectivity index (χ1v) is 8.58. The first-order valence-electron chi connectivity index (χ1n) is 7.14. The van der Waals surface area contributed by atoms with Gasteiger partial charge in [-0.2, -0.15) is 4.31 Å². The molecule has 9 heteroatoms. The van der Waals surface area contributed by atoms with Gasteiger partial charge in [0, 0.05) is 32.9 Å². The maximum atomic E-state index is 12.5. The molecule has 8 nitrogen and oxygen atoms in total. The lowest BCUT2D eigenvalue weighted by molar-refractivity contribution is -0.131. The third kappa shape index (κ3) is 3.65. The van der Waals surface area contributed by atoms with Gasteiger partial charge >= 0.3 is 0 Å². The van der Waals surface area contributed by atoms with Gasteiger partial charge in [0.05, 0.1) is 19.0 Å². The van der Waals surface area contributed by atoms with E-state index in [0.717, 1.165) is 4.31 Å². The average Bonchev–Trinajstić information content (AvgIpc) is 2.78. The molecule has 0 radical (unpaired) electrons. The Morgan fingerprint density at radius 1 is 1.41 bits per heavy atom. The molecule has 1 aliphatic heterocycles. The quantitative estimate of drug-likeness (QED) is 0.785. The fraction of sp³-hybridized carbons (Fsp3) is 0.692. The summed E-state index contributed by atoms with van der Waals surface area (Å²) in [6, 6.07) is 0. The minimum absolute atomic E-state index is 0.112. The molecule has 1 unspecified atom stereocenters. The van der Waals surface area contributed by atoms with Crippen LogP contribution < -0.4 is 0 Å². The monoisotopic (exact) mass is 330 g/mol. The van der Waals surface area contributed by atoms with Crippen LogP contribution in [-0.2, 0) is 21.9 Å². The summed E-state index contributed by atoms with van der Waals surface area (Å²) in [4.78, 5) is 17.6. The number of rotatable bonds is 4. The number of imidazole rings is 1. The molecule has 1 N–H and O–H groups in total. The molecule has 124 valence electrons. The number of hydrogen-bond donors (Lipinski definition) is 1. The molecule has 1 amide bonds. The Hall–Kier alpha value is -1.45. The Morgan fingerprint density at radius 3 is 2.64 bits per heavy atom. The number of nitrogens with zero attached hydrogens (tertiary/aromatic N) is 4. The number of aromatic nitrogens is 2. The summed E-state index contributed by atoms with van der Waals surface area (Å²) in [7, 11) is -2.22. The lowest BCUT2D eigenvalue weighted by Crippen LogP contribution is -2.40. The first-order chi connectivity index (χ1) is 10.2. The van der Waals surface area contributed by atoms with Crippen LogP contribution in [0.25, 0.3) is 0 Å². The number of aliphatic hydroxyl groups excluding tert-OH is 1. The molecule has 1 aromatic heterocycles. The molecule has 0 saturated carbocycles. The van der Waals surface area contributed by atoms with Crippen LogP contribution in [0.3, 0.4) is 0 Å². The van der Waals surface area contributed by atoms with Gasteiger partial charge in [-0.25, -0.2) is 13.4 Å². The Balaban J connectivity index is 2.24. The van der Waals surface area contributed by atoms with E-state index in [1.54, 1.807) is 7.05 Å². The fourth-order valence-corrected chi connectivity index (χ4v) is 3.81. The molecule has 2 rings (SSSR count). The summed E-state index contributed by atoms with van der Waals surface area (Å²) in [6.07, 6.45) is 1.85. The zero-order chi connectivity index (χ0) is 16.5. The summed E-state index contributed by atoms with van der Waals surface area (Å²) in [5, 5.41) is 9.93. The number of β-amino-alcohol motifs (C(OH)–C–C–N with tert-alkyl or cyclic N) is 1. The highest BCUT2D eigenvalue weighted by atomic mass is 32.2. The number of amides is 1. The van der Waals surface area contributed by atoms with Crippen molar-refractivity contribution in [2.45, 2.75) is 25.0 Å². The lowest BCUT2D eigenvalue weighted by Gasteiger charge is -2.23. The third-order valence-electron chi connectivity index (χ3n) is 3.38. The van der Waals surface area contributed by atoms with Gasteiger partial charge in [0.25, 0.3) is 10.0 Å². The smallest absolute Gasteiger partial charge is 0.262 e. The van der Waals surface area contributed by atoms with Crippen LogP contribution in [-0.4, -0.2) is 70.5 Å².